The van der Waals surface area contributed by atoms with Gasteiger partial charge >= 0.3 is 0 Å². The minimum absolute atomic E-state index is 0.123. The minimum atomic E-state index is -0.294. The number of nitrogens with zero attached hydrogens (tertiary/aromatic N) is 3. The maximum absolute atomic E-state index is 14.8. The summed E-state index contributed by atoms with van der Waals surface area (Å²) in [4.78, 5) is 12.9. The summed E-state index contributed by atoms with van der Waals surface area (Å²) < 4.78 is 16.4. The molecule has 0 aliphatic carbocycles. The molecule has 30 heavy (non-hydrogen) atoms. The molecular weight excluding hydrogens is 377 g/mol. The molecule has 150 valence electrons. The summed E-state index contributed by atoms with van der Waals surface area (Å²) >= 11 is 0. The third-order valence-electron chi connectivity index (χ3n) is 5.66. The number of hydrogen-bond acceptors (Lipinski definition) is 3. The van der Waals surface area contributed by atoms with Crippen molar-refractivity contribution >= 4 is 17.2 Å². The van der Waals surface area contributed by atoms with Crippen LogP contribution in [0.1, 0.15) is 16.7 Å². The molecule has 1 saturated heterocycles. The van der Waals surface area contributed by atoms with Gasteiger partial charge in [0.2, 0.25) is 0 Å². The monoisotopic (exact) mass is 399 g/mol. The lowest BCUT2D eigenvalue weighted by Gasteiger charge is -2.36. The van der Waals surface area contributed by atoms with E-state index in [4.69, 9.17) is 0 Å². The van der Waals surface area contributed by atoms with Crippen molar-refractivity contribution in [1.82, 2.24) is 14.7 Å². The number of hydrogen-bond donors (Lipinski definition) is 0. The van der Waals surface area contributed by atoms with Crippen LogP contribution in [0.4, 0.5) is 4.39 Å². The maximum Gasteiger partial charge on any atom is 0.149 e. The molecule has 0 bridgehead atoms. The van der Waals surface area contributed by atoms with Crippen molar-refractivity contribution in [3.05, 3.63) is 95.4 Å². The summed E-state index contributed by atoms with van der Waals surface area (Å²) in [5.41, 5.74) is 4.65. The molecule has 1 aliphatic rings. The van der Waals surface area contributed by atoms with Crippen LogP contribution in [0.5, 0.6) is 0 Å². The number of aromatic nitrogens is 2. The Morgan fingerprint density at radius 1 is 0.967 bits per heavy atom. The van der Waals surface area contributed by atoms with E-state index >= 15 is 0 Å². The quantitative estimate of drug-likeness (QED) is 0.452. The van der Waals surface area contributed by atoms with Crippen molar-refractivity contribution in [1.29, 1.82) is 0 Å². The summed E-state index contributed by atoms with van der Waals surface area (Å²) in [7, 11) is 0. The van der Waals surface area contributed by atoms with Crippen LogP contribution in [-0.4, -0.2) is 34.1 Å². The fourth-order valence-electron chi connectivity index (χ4n) is 4.06. The molecule has 1 fully saturated rings. The maximum atomic E-state index is 14.8. The number of likely N-dealkylation sites (tertiary alicyclic amines) is 1. The van der Waals surface area contributed by atoms with Gasteiger partial charge in [0.1, 0.15) is 17.8 Å². The lowest BCUT2D eigenvalue weighted by Crippen LogP contribution is -2.46. The molecule has 3 aromatic carbocycles. The third-order valence-corrected chi connectivity index (χ3v) is 5.66. The van der Waals surface area contributed by atoms with Crippen LogP contribution in [0.15, 0.2) is 72.9 Å². The van der Waals surface area contributed by atoms with Crippen molar-refractivity contribution in [2.24, 2.45) is 5.92 Å². The second kappa shape index (κ2) is 7.84. The minimum Gasteiger partial charge on any atom is -0.303 e. The Morgan fingerprint density at radius 3 is 2.53 bits per heavy atom. The second-order valence-corrected chi connectivity index (χ2v) is 8.01. The molecule has 0 unspecified atom stereocenters. The largest absolute Gasteiger partial charge is 0.303 e. The molecule has 1 aromatic heterocycles. The first kappa shape index (κ1) is 18.7. The Kier molecular flexibility index (Phi) is 4.89. The Morgan fingerprint density at radius 2 is 1.77 bits per heavy atom. The Bertz CT molecular complexity index is 1200. The summed E-state index contributed by atoms with van der Waals surface area (Å²) in [6.45, 7) is 2.16. The highest BCUT2D eigenvalue weighted by molar-refractivity contribution is 5.79. The molecule has 4 nitrogen and oxygen atoms in total. The normalized spacial score (nSPS) is 14.7. The van der Waals surface area contributed by atoms with Crippen LogP contribution < -0.4 is 0 Å². The lowest BCUT2D eigenvalue weighted by atomic mass is 10.0. The first-order valence-corrected chi connectivity index (χ1v) is 10.2. The molecule has 0 N–H and O–H groups in total. The van der Waals surface area contributed by atoms with Gasteiger partial charge in [0.15, 0.2) is 0 Å². The molecule has 5 rings (SSSR count). The van der Waals surface area contributed by atoms with Gasteiger partial charge in [-0.3, -0.25) is 4.90 Å². The van der Waals surface area contributed by atoms with E-state index in [9.17, 15) is 9.18 Å². The smallest absolute Gasteiger partial charge is 0.149 e. The van der Waals surface area contributed by atoms with Gasteiger partial charge in [-0.25, -0.2) is 9.07 Å². The molecule has 0 saturated carbocycles. The van der Waals surface area contributed by atoms with Gasteiger partial charge in [-0.05, 0) is 47.4 Å². The summed E-state index contributed by atoms with van der Waals surface area (Å²) in [6.07, 6.45) is 3.73. The van der Waals surface area contributed by atoms with Gasteiger partial charge in [0, 0.05) is 37.1 Å². The molecule has 2 heterocycles. The standard InChI is InChI=1S/C25H22FN3O/c26-23-12-20(13-28-14-21(15-28)17-30)7-9-25(23)29-16-22-11-19(6-8-24(22)27-29)10-18-4-2-1-3-5-18/h1-9,11-12,16-17,21H,10,13-15H2. The average molecular weight is 399 g/mol. The van der Waals surface area contributed by atoms with Crippen molar-refractivity contribution < 1.29 is 9.18 Å². The van der Waals surface area contributed by atoms with E-state index in [1.807, 2.05) is 36.5 Å². The molecule has 0 amide bonds. The third kappa shape index (κ3) is 3.76. The van der Waals surface area contributed by atoms with Gasteiger partial charge < -0.3 is 4.79 Å². The second-order valence-electron chi connectivity index (χ2n) is 8.01. The van der Waals surface area contributed by atoms with Crippen LogP contribution in [0, 0.1) is 11.7 Å². The molecule has 0 radical (unpaired) electrons. The molecule has 5 heteroatoms. The predicted octanol–water partition coefficient (Wildman–Crippen LogP) is 4.39. The first-order chi connectivity index (χ1) is 14.7. The Hall–Kier alpha value is -3.31. The first-order valence-electron chi connectivity index (χ1n) is 10.2. The Balaban J connectivity index is 1.36. The van der Waals surface area contributed by atoms with Gasteiger partial charge in [0.25, 0.3) is 0 Å². The fraction of sp³-hybridized carbons (Fsp3) is 0.200. The van der Waals surface area contributed by atoms with Crippen LogP contribution >= 0.6 is 0 Å². The van der Waals surface area contributed by atoms with Crippen LogP contribution in [0.2, 0.25) is 0 Å². The van der Waals surface area contributed by atoms with Crippen molar-refractivity contribution in [2.75, 3.05) is 13.1 Å². The van der Waals surface area contributed by atoms with Crippen LogP contribution in [0.25, 0.3) is 16.6 Å². The highest BCUT2D eigenvalue weighted by atomic mass is 19.1. The van der Waals surface area contributed by atoms with Gasteiger partial charge in [-0.15, -0.1) is 0 Å². The highest BCUT2D eigenvalue weighted by Crippen LogP contribution is 2.23. The topological polar surface area (TPSA) is 38.1 Å². The lowest BCUT2D eigenvalue weighted by molar-refractivity contribution is -0.115. The zero-order valence-corrected chi connectivity index (χ0v) is 16.5. The highest BCUT2D eigenvalue weighted by Gasteiger charge is 2.26. The van der Waals surface area contributed by atoms with E-state index in [2.05, 4.69) is 34.3 Å². The summed E-state index contributed by atoms with van der Waals surface area (Å²) in [5, 5.41) is 5.55. The van der Waals surface area contributed by atoms with Gasteiger partial charge in [-0.2, -0.15) is 5.10 Å². The molecule has 0 atom stereocenters. The number of benzene rings is 3. The van der Waals surface area contributed by atoms with E-state index in [1.54, 1.807) is 16.8 Å². The van der Waals surface area contributed by atoms with Crippen molar-refractivity contribution in [2.45, 2.75) is 13.0 Å². The zero-order valence-electron chi connectivity index (χ0n) is 16.5. The van der Waals surface area contributed by atoms with Crippen LogP contribution in [0.3, 0.4) is 0 Å². The fourth-order valence-corrected chi connectivity index (χ4v) is 4.06. The van der Waals surface area contributed by atoms with E-state index in [-0.39, 0.29) is 11.7 Å². The number of fused-ring (bicyclic) bond motifs is 1. The van der Waals surface area contributed by atoms with E-state index in [0.717, 1.165) is 42.3 Å². The molecular formula is C25H22FN3O. The predicted molar refractivity (Wildman–Crippen MR) is 115 cm³/mol. The SMILES string of the molecule is O=CC1CN(Cc2ccc(-n3cc4cc(Cc5ccccc5)ccc4n3)c(F)c2)C1. The number of carbonyl (C=O) groups is 1. The average Bonchev–Trinajstić information content (AvgIpc) is 3.14. The number of halogens is 1. The number of rotatable bonds is 6. The zero-order chi connectivity index (χ0) is 20.5. The van der Waals surface area contributed by atoms with Gasteiger partial charge in [-0.1, -0.05) is 42.5 Å². The van der Waals surface area contributed by atoms with Crippen LogP contribution in [-0.2, 0) is 17.8 Å². The molecule has 0 spiro atoms. The summed E-state index contributed by atoms with van der Waals surface area (Å²) in [5.74, 6) is -0.172. The van der Waals surface area contributed by atoms with Crippen molar-refractivity contribution in [3.8, 4) is 5.69 Å². The van der Waals surface area contributed by atoms with Crippen molar-refractivity contribution in [3.63, 3.8) is 0 Å². The van der Waals surface area contributed by atoms with E-state index in [1.165, 1.54) is 11.1 Å². The summed E-state index contributed by atoms with van der Waals surface area (Å²) in [6, 6.07) is 21.8. The number of carbonyl (C=O) groups excluding carboxylic acids is 1. The van der Waals surface area contributed by atoms with E-state index in [0.29, 0.717) is 12.2 Å². The number of aldehydes is 1. The molecule has 4 aromatic rings. The Labute approximate surface area is 174 Å². The molecule has 1 aliphatic heterocycles. The van der Waals surface area contributed by atoms with E-state index < -0.39 is 0 Å². The van der Waals surface area contributed by atoms with Gasteiger partial charge in [0.05, 0.1) is 5.52 Å².